The van der Waals surface area contributed by atoms with Crippen LogP contribution in [0, 0.1) is 12.1 Å². The Labute approximate surface area is 270 Å². The van der Waals surface area contributed by atoms with Crippen LogP contribution in [0.15, 0.2) is 132 Å². The molecule has 0 fully saturated rings. The molecule has 42 heavy (non-hydrogen) atoms. The molecule has 0 atom stereocenters. The van der Waals surface area contributed by atoms with Gasteiger partial charge < -0.3 is 9.40 Å². The molecule has 0 amide bonds. The Kier molecular flexibility index (Phi) is 7.34. The maximum absolute atomic E-state index is 8.22. The van der Waals surface area contributed by atoms with Crippen LogP contribution in [-0.4, -0.2) is 23.2 Å². The van der Waals surface area contributed by atoms with Crippen molar-refractivity contribution in [2.45, 2.75) is 17.3 Å². The molecule has 4 aromatic carbocycles. The van der Waals surface area contributed by atoms with Crippen LogP contribution < -0.4 is 4.40 Å². The summed E-state index contributed by atoms with van der Waals surface area (Å²) < 4.78 is 47.6. The van der Waals surface area contributed by atoms with Crippen LogP contribution in [0.5, 0.6) is 0 Å². The minimum atomic E-state index is -1.72. The second kappa shape index (κ2) is 13.0. The summed E-state index contributed by atoms with van der Waals surface area (Å²) in [4.78, 5) is 8.92. The van der Waals surface area contributed by atoms with Crippen molar-refractivity contribution in [3.8, 4) is 33.6 Å². The van der Waals surface area contributed by atoms with Crippen LogP contribution in [0.4, 0.5) is 0 Å². The number of hydrogen-bond donors (Lipinski definition) is 0. The van der Waals surface area contributed by atoms with Crippen molar-refractivity contribution >= 4 is 39.6 Å². The van der Waals surface area contributed by atoms with Gasteiger partial charge in [0.25, 0.3) is 0 Å². The number of pyridine rings is 2. The topological polar surface area (TPSA) is 38.9 Å². The number of fused-ring (bicyclic) bond motifs is 3. The Morgan fingerprint density at radius 2 is 1.57 bits per heavy atom. The molecule has 0 spiro atoms. The van der Waals surface area contributed by atoms with E-state index in [0.717, 1.165) is 33.3 Å². The summed E-state index contributed by atoms with van der Waals surface area (Å²) >= 11 is -1.72. The first-order valence-electron chi connectivity index (χ1n) is 15.8. The Bertz CT molecular complexity index is 2160. The van der Waals surface area contributed by atoms with Crippen LogP contribution in [-0.2, 0) is 20.1 Å². The summed E-state index contributed by atoms with van der Waals surface area (Å²) in [5.74, 6) is 7.14. The molecule has 0 aliphatic rings. The molecule has 0 aliphatic carbocycles. The number of nitrogens with zero attached hydrogens (tertiary/aromatic N) is 2. The maximum Gasteiger partial charge on any atom is 0 e. The zero-order valence-corrected chi connectivity index (χ0v) is 27.9. The third kappa shape index (κ3) is 6.47. The van der Waals surface area contributed by atoms with Crippen molar-refractivity contribution in [3.63, 3.8) is 0 Å². The van der Waals surface area contributed by atoms with Crippen LogP contribution in [0.1, 0.15) is 6.85 Å². The number of furan rings is 1. The summed E-state index contributed by atoms with van der Waals surface area (Å²) in [6.45, 7) is 0. The molecule has 3 heterocycles. The Morgan fingerprint density at radius 3 is 2.26 bits per heavy atom. The minimum Gasteiger partial charge on any atom is 0 e. The Hall–Kier alpha value is -3.83. The zero-order valence-electron chi connectivity index (χ0n) is 28.4. The molecule has 1 radical (unpaired) electrons. The van der Waals surface area contributed by atoms with Crippen molar-refractivity contribution in [1.82, 2.24) is 9.97 Å². The number of rotatable bonds is 4. The van der Waals surface area contributed by atoms with Crippen LogP contribution in [0.25, 0.3) is 55.6 Å². The molecule has 0 saturated heterocycles. The van der Waals surface area contributed by atoms with Crippen molar-refractivity contribution in [2.24, 2.45) is 0 Å². The first-order chi connectivity index (χ1) is 22.0. The van der Waals surface area contributed by atoms with Gasteiger partial charge >= 0.3 is 99.8 Å². The molecule has 0 aliphatic heterocycles. The van der Waals surface area contributed by atoms with E-state index >= 15 is 0 Å². The van der Waals surface area contributed by atoms with Crippen LogP contribution in [0.3, 0.4) is 0 Å². The summed E-state index contributed by atoms with van der Waals surface area (Å²) in [7, 11) is 0. The van der Waals surface area contributed by atoms with Gasteiger partial charge in [-0.3, -0.25) is 0 Å². The van der Waals surface area contributed by atoms with Gasteiger partial charge in [-0.2, -0.15) is 0 Å². The second-order valence-corrected chi connectivity index (χ2v) is 21.2. The zero-order chi connectivity index (χ0) is 32.6. The Morgan fingerprint density at radius 1 is 0.738 bits per heavy atom. The van der Waals surface area contributed by atoms with Crippen LogP contribution >= 0.6 is 0 Å². The normalized spacial score (nSPS) is 12.7. The molecular formula is C37H30GeIrN2O-2. The van der Waals surface area contributed by atoms with E-state index in [4.69, 9.17) is 11.3 Å². The second-order valence-electron chi connectivity index (χ2n) is 10.6. The maximum atomic E-state index is 8.22. The van der Waals surface area contributed by atoms with Crippen LogP contribution in [0.2, 0.25) is 17.3 Å². The molecule has 5 heteroatoms. The van der Waals surface area contributed by atoms with Gasteiger partial charge in [0.1, 0.15) is 5.58 Å². The van der Waals surface area contributed by atoms with Gasteiger partial charge in [0.15, 0.2) is 0 Å². The van der Waals surface area contributed by atoms with E-state index in [1.54, 1.807) is 18.3 Å². The monoisotopic (exact) mass is 790 g/mol. The molecular weight excluding hydrogens is 753 g/mol. The smallest absolute Gasteiger partial charge is 0 e. The van der Waals surface area contributed by atoms with E-state index < -0.39 is 19.3 Å². The SMILES string of the molecule is [2H]c1c([2H])c([2H])c(-c2ccc3c(c2)oc2c(-c4ccccn4)[c-]ccc23)c([2H])c1[2H].[CH3][Ge]([CH3])([CH3])[c]1ccc(-c2[c-]cccc2)nc1.[Ir]. The van der Waals surface area contributed by atoms with Crippen molar-refractivity contribution < 1.29 is 31.4 Å². The summed E-state index contributed by atoms with van der Waals surface area (Å²) in [5.41, 5.74) is 5.42. The fourth-order valence-corrected chi connectivity index (χ4v) is 6.71. The molecule has 3 aromatic heterocycles. The Balaban J connectivity index is 0.000000217. The fraction of sp³-hybridized carbons (Fsp3) is 0.0811. The van der Waals surface area contributed by atoms with E-state index in [2.05, 4.69) is 51.5 Å². The average Bonchev–Trinajstić information content (AvgIpc) is 3.45. The third-order valence-electron chi connectivity index (χ3n) is 6.76. The first kappa shape index (κ1) is 23.7. The summed E-state index contributed by atoms with van der Waals surface area (Å²) in [6.07, 6.45) is 3.75. The number of benzene rings is 4. The van der Waals surface area contributed by atoms with Gasteiger partial charge in [0.2, 0.25) is 0 Å². The molecule has 3 nitrogen and oxygen atoms in total. The van der Waals surface area contributed by atoms with E-state index in [-0.39, 0.29) is 49.8 Å². The van der Waals surface area contributed by atoms with Gasteiger partial charge in [0.05, 0.1) is 12.4 Å². The van der Waals surface area contributed by atoms with Gasteiger partial charge in [-0.25, -0.2) is 0 Å². The largest absolute Gasteiger partial charge is 0 e. The molecule has 7 aromatic rings. The molecule has 209 valence electrons. The van der Waals surface area contributed by atoms with E-state index in [1.165, 1.54) is 4.40 Å². The fourth-order valence-electron chi connectivity index (χ4n) is 4.54. The van der Waals surface area contributed by atoms with Gasteiger partial charge in [-0.1, -0.05) is 65.4 Å². The molecule has 7 rings (SSSR count). The van der Waals surface area contributed by atoms with Gasteiger partial charge in [0, 0.05) is 31.7 Å². The molecule has 0 N–H and O–H groups in total. The predicted octanol–water partition coefficient (Wildman–Crippen LogP) is 9.21. The molecule has 0 saturated carbocycles. The van der Waals surface area contributed by atoms with Gasteiger partial charge in [-0.05, 0) is 29.0 Å². The average molecular weight is 789 g/mol. The van der Waals surface area contributed by atoms with Crippen molar-refractivity contribution in [3.05, 3.63) is 140 Å². The molecule has 0 unspecified atom stereocenters. The van der Waals surface area contributed by atoms with E-state index in [0.29, 0.717) is 16.7 Å². The summed E-state index contributed by atoms with van der Waals surface area (Å²) in [5, 5.41) is 1.77. The summed E-state index contributed by atoms with van der Waals surface area (Å²) in [6, 6.07) is 31.8. The third-order valence-corrected chi connectivity index (χ3v) is 11.0. The molecule has 0 bridgehead atoms. The van der Waals surface area contributed by atoms with Crippen molar-refractivity contribution in [2.75, 3.05) is 0 Å². The van der Waals surface area contributed by atoms with E-state index in [1.807, 2.05) is 66.9 Å². The first-order valence-corrected chi connectivity index (χ1v) is 20.7. The van der Waals surface area contributed by atoms with Crippen molar-refractivity contribution in [1.29, 1.82) is 0 Å². The van der Waals surface area contributed by atoms with Gasteiger partial charge in [-0.15, -0.1) is 18.2 Å². The van der Waals surface area contributed by atoms with E-state index in [9.17, 15) is 0 Å². The number of hydrogen-bond acceptors (Lipinski definition) is 3. The number of aromatic nitrogens is 2. The standard InChI is InChI=1S/C23H14NO.C14H16GeN.Ir/c1-2-7-16(8-3-1)17-12-13-18-19-9-6-10-20(21-11-4-5-14-24-21)23(19)25-22(18)15-17;1-15(2,3)13-9-10-14(16-11-13)12-7-5-4-6-8-12;/h1-9,11-15H;4-7,9-11H,1-3H3;/q2*-1;/i1D,2D,3D,7D,8D;;. The minimum absolute atomic E-state index is 0. The quantitative estimate of drug-likeness (QED) is 0.132. The predicted molar refractivity (Wildman–Crippen MR) is 173 cm³/mol.